The van der Waals surface area contributed by atoms with Gasteiger partial charge in [0.05, 0.1) is 23.7 Å². The van der Waals surface area contributed by atoms with Crippen molar-refractivity contribution in [2.75, 3.05) is 20.2 Å². The quantitative estimate of drug-likeness (QED) is 0.844. The molecule has 2 aromatic rings. The molecule has 9 nitrogen and oxygen atoms in total. The third kappa shape index (κ3) is 3.08. The summed E-state index contributed by atoms with van der Waals surface area (Å²) in [5, 5.41) is 7.49. The molecule has 1 unspecified atom stereocenters. The van der Waals surface area contributed by atoms with Gasteiger partial charge < -0.3 is 24.9 Å². The van der Waals surface area contributed by atoms with Crippen LogP contribution in [0.25, 0.3) is 11.5 Å². The third-order valence-electron chi connectivity index (χ3n) is 3.64. The molecular weight excluding hydrogens is 340 g/mol. The Morgan fingerprint density at radius 1 is 1.50 bits per heavy atom. The van der Waals surface area contributed by atoms with Gasteiger partial charge in [-0.1, -0.05) is 11.6 Å². The van der Waals surface area contributed by atoms with Crippen molar-refractivity contribution in [3.05, 3.63) is 27.7 Å². The van der Waals surface area contributed by atoms with Gasteiger partial charge in [0, 0.05) is 12.6 Å². The molecule has 0 aliphatic carbocycles. The summed E-state index contributed by atoms with van der Waals surface area (Å²) >= 11 is 6.07. The highest BCUT2D eigenvalue weighted by Crippen LogP contribution is 2.37. The summed E-state index contributed by atoms with van der Waals surface area (Å²) in [4.78, 5) is 22.9. The minimum absolute atomic E-state index is 0.0338. The van der Waals surface area contributed by atoms with Crippen LogP contribution in [0.3, 0.4) is 0 Å². The van der Waals surface area contributed by atoms with Crippen LogP contribution in [0.5, 0.6) is 11.5 Å². The van der Waals surface area contributed by atoms with E-state index in [2.05, 4.69) is 10.4 Å². The van der Waals surface area contributed by atoms with Crippen LogP contribution in [-0.2, 0) is 0 Å². The van der Waals surface area contributed by atoms with Crippen LogP contribution in [0.4, 0.5) is 4.79 Å². The van der Waals surface area contributed by atoms with Gasteiger partial charge in [-0.3, -0.25) is 0 Å². The molecule has 1 aliphatic rings. The largest absolute Gasteiger partial charge is 0.496 e. The average Bonchev–Trinajstić information content (AvgIpc) is 3.17. The Kier molecular flexibility index (Phi) is 4.45. The number of amides is 1. The maximum Gasteiger partial charge on any atom is 0.437 e. The number of methoxy groups -OCH3 is 1. The molecule has 24 heavy (non-hydrogen) atoms. The average molecular weight is 355 g/mol. The number of carbonyl (C=O) groups is 1. The first-order valence-electron chi connectivity index (χ1n) is 7.15. The number of rotatable bonds is 4. The number of ether oxygens (including phenoxy) is 2. The van der Waals surface area contributed by atoms with Crippen molar-refractivity contribution in [2.45, 2.75) is 12.5 Å². The minimum Gasteiger partial charge on any atom is -0.496 e. The highest BCUT2D eigenvalue weighted by molar-refractivity contribution is 6.32. The van der Waals surface area contributed by atoms with Crippen LogP contribution >= 0.6 is 11.6 Å². The van der Waals surface area contributed by atoms with Gasteiger partial charge in [-0.05, 0) is 19.0 Å². The Balaban J connectivity index is 2.02. The van der Waals surface area contributed by atoms with Gasteiger partial charge in [-0.15, -0.1) is 5.10 Å². The zero-order valence-corrected chi connectivity index (χ0v) is 13.5. The number of benzene rings is 1. The summed E-state index contributed by atoms with van der Waals surface area (Å²) in [6.07, 6.45) is -0.217. The summed E-state index contributed by atoms with van der Waals surface area (Å²) < 4.78 is 16.6. The first-order valence-corrected chi connectivity index (χ1v) is 7.53. The number of carbonyl (C=O) groups excluding carboxylic acids is 1. The van der Waals surface area contributed by atoms with Gasteiger partial charge in [0.2, 0.25) is 0 Å². The molecule has 1 amide bonds. The highest BCUT2D eigenvalue weighted by atomic mass is 35.5. The van der Waals surface area contributed by atoms with Crippen molar-refractivity contribution < 1.29 is 18.7 Å². The maximum absolute atomic E-state index is 12.0. The Bertz CT molecular complexity index is 825. The monoisotopic (exact) mass is 354 g/mol. The molecule has 1 fully saturated rings. The van der Waals surface area contributed by atoms with E-state index in [1.54, 1.807) is 0 Å². The lowest BCUT2D eigenvalue weighted by atomic mass is 10.2. The Morgan fingerprint density at radius 2 is 2.29 bits per heavy atom. The maximum atomic E-state index is 12.0. The Labute approximate surface area is 141 Å². The molecule has 1 atom stereocenters. The fraction of sp³-hybridized carbons (Fsp3) is 0.357. The van der Waals surface area contributed by atoms with E-state index in [-0.39, 0.29) is 28.5 Å². The van der Waals surface area contributed by atoms with Crippen LogP contribution in [0.1, 0.15) is 12.5 Å². The molecule has 1 aromatic heterocycles. The fourth-order valence-electron chi connectivity index (χ4n) is 2.53. The first-order chi connectivity index (χ1) is 11.5. The van der Waals surface area contributed by atoms with Crippen molar-refractivity contribution in [3.8, 4) is 23.0 Å². The molecule has 1 aromatic carbocycles. The summed E-state index contributed by atoms with van der Waals surface area (Å²) in [5.41, 5.74) is 5.35. The first kappa shape index (κ1) is 16.3. The fourth-order valence-corrected chi connectivity index (χ4v) is 2.74. The second-order valence-electron chi connectivity index (χ2n) is 5.17. The third-order valence-corrected chi connectivity index (χ3v) is 3.94. The number of nitrogens with two attached hydrogens (primary N) is 1. The molecule has 10 heteroatoms. The molecule has 128 valence electrons. The van der Waals surface area contributed by atoms with Gasteiger partial charge in [-0.25, -0.2) is 9.59 Å². The predicted molar refractivity (Wildman–Crippen MR) is 84.5 cm³/mol. The molecule has 0 radical (unpaired) electrons. The molecule has 0 saturated carbocycles. The van der Waals surface area contributed by atoms with E-state index in [1.165, 1.54) is 23.9 Å². The molecule has 0 bridgehead atoms. The number of hydrogen-bond acceptors (Lipinski definition) is 7. The number of nitrogens with one attached hydrogen (secondary N) is 1. The number of nitrogens with zero attached hydrogens (tertiary/aromatic N) is 2. The van der Waals surface area contributed by atoms with Crippen LogP contribution in [-0.4, -0.2) is 36.1 Å². The second kappa shape index (κ2) is 6.54. The summed E-state index contributed by atoms with van der Waals surface area (Å²) in [6.45, 7) is 1.46. The normalized spacial score (nSPS) is 17.0. The van der Waals surface area contributed by atoms with Crippen LogP contribution in [0, 0.1) is 0 Å². The lowest BCUT2D eigenvalue weighted by Crippen LogP contribution is -2.23. The molecule has 0 spiro atoms. The molecular formula is C14H15ClN4O5. The van der Waals surface area contributed by atoms with Crippen LogP contribution < -0.4 is 26.3 Å². The van der Waals surface area contributed by atoms with Gasteiger partial charge >= 0.3 is 11.8 Å². The molecule has 2 heterocycles. The summed E-state index contributed by atoms with van der Waals surface area (Å²) in [7, 11) is 1.41. The van der Waals surface area contributed by atoms with E-state index >= 15 is 0 Å². The number of primary amides is 1. The van der Waals surface area contributed by atoms with Gasteiger partial charge in [0.25, 0.3) is 5.89 Å². The van der Waals surface area contributed by atoms with E-state index in [9.17, 15) is 9.59 Å². The smallest absolute Gasteiger partial charge is 0.437 e. The van der Waals surface area contributed by atoms with Crippen molar-refractivity contribution in [2.24, 2.45) is 5.73 Å². The number of hydrogen-bond donors (Lipinski definition) is 2. The molecule has 3 rings (SSSR count). The lowest BCUT2D eigenvalue weighted by molar-refractivity contribution is 0.210. The van der Waals surface area contributed by atoms with E-state index in [0.717, 1.165) is 13.0 Å². The highest BCUT2D eigenvalue weighted by Gasteiger charge is 2.24. The molecule has 1 saturated heterocycles. The van der Waals surface area contributed by atoms with Crippen molar-refractivity contribution in [3.63, 3.8) is 0 Å². The van der Waals surface area contributed by atoms with Crippen molar-refractivity contribution >= 4 is 17.7 Å². The van der Waals surface area contributed by atoms with E-state index in [4.69, 9.17) is 31.2 Å². The van der Waals surface area contributed by atoms with E-state index in [1.807, 2.05) is 0 Å². The zero-order valence-electron chi connectivity index (χ0n) is 12.7. The SMILES string of the molecule is COc1cc(OC(N)=O)c(Cl)cc1-c1nn(C2CCNC2)c(=O)o1. The van der Waals surface area contributed by atoms with Crippen molar-refractivity contribution in [1.29, 1.82) is 0 Å². The number of aromatic nitrogens is 2. The Hall–Kier alpha value is -2.52. The molecule has 3 N–H and O–H groups in total. The topological polar surface area (TPSA) is 122 Å². The van der Waals surface area contributed by atoms with Crippen LogP contribution in [0.15, 0.2) is 21.3 Å². The van der Waals surface area contributed by atoms with Crippen molar-refractivity contribution in [1.82, 2.24) is 15.1 Å². The second-order valence-corrected chi connectivity index (χ2v) is 5.58. The summed E-state index contributed by atoms with van der Waals surface area (Å²) in [5.74, 6) is -0.189. The van der Waals surface area contributed by atoms with E-state index in [0.29, 0.717) is 12.1 Å². The zero-order chi connectivity index (χ0) is 17.3. The van der Waals surface area contributed by atoms with Gasteiger partial charge in [0.1, 0.15) is 5.75 Å². The molecule has 1 aliphatic heterocycles. The number of halogens is 1. The lowest BCUT2D eigenvalue weighted by Gasteiger charge is -2.10. The van der Waals surface area contributed by atoms with Gasteiger partial charge in [0.15, 0.2) is 5.75 Å². The van der Waals surface area contributed by atoms with E-state index < -0.39 is 11.8 Å². The summed E-state index contributed by atoms with van der Waals surface area (Å²) in [6, 6.07) is 2.74. The standard InChI is InChI=1S/C14H15ClN4O5/c1-22-10-5-11(23-13(16)20)9(15)4-8(10)12-18-19(14(21)24-12)7-2-3-17-6-7/h4-5,7,17H,2-3,6H2,1H3,(H2,16,20). The van der Waals surface area contributed by atoms with Gasteiger partial charge in [-0.2, -0.15) is 4.68 Å². The minimum atomic E-state index is -1.00. The van der Waals surface area contributed by atoms with Crippen LogP contribution in [0.2, 0.25) is 5.02 Å². The predicted octanol–water partition coefficient (Wildman–Crippen LogP) is 1.16. The Morgan fingerprint density at radius 3 is 2.92 bits per heavy atom.